The lowest BCUT2D eigenvalue weighted by molar-refractivity contribution is -0.127. The minimum absolute atomic E-state index is 0.133. The maximum Gasteiger partial charge on any atom is 0.324 e. The van der Waals surface area contributed by atoms with Gasteiger partial charge in [0, 0.05) is 12.2 Å². The highest BCUT2D eigenvalue weighted by molar-refractivity contribution is 7.98. The van der Waals surface area contributed by atoms with Crippen molar-refractivity contribution in [3.8, 4) is 5.75 Å². The van der Waals surface area contributed by atoms with Crippen molar-refractivity contribution in [1.82, 2.24) is 10.2 Å². The van der Waals surface area contributed by atoms with Crippen LogP contribution in [0.5, 0.6) is 5.75 Å². The van der Waals surface area contributed by atoms with Gasteiger partial charge in [0.15, 0.2) is 0 Å². The minimum atomic E-state index is -0.377. The van der Waals surface area contributed by atoms with Crippen molar-refractivity contribution in [2.45, 2.75) is 18.9 Å². The number of benzene rings is 1. The summed E-state index contributed by atoms with van der Waals surface area (Å²) in [5, 5.41) is 2.72. The zero-order valence-electron chi connectivity index (χ0n) is 12.6. The third-order valence-electron chi connectivity index (χ3n) is 3.39. The summed E-state index contributed by atoms with van der Waals surface area (Å²) in [6.45, 7) is 0.811. The van der Waals surface area contributed by atoms with Crippen LogP contribution >= 0.6 is 11.8 Å². The Hall–Kier alpha value is -1.89. The van der Waals surface area contributed by atoms with Gasteiger partial charge >= 0.3 is 6.03 Å². The third kappa shape index (κ3) is 4.30. The van der Waals surface area contributed by atoms with Gasteiger partial charge in [0.25, 0.3) is 5.91 Å². The molecule has 1 aliphatic rings. The van der Waals surface area contributed by atoms with Crippen LogP contribution in [0.25, 0.3) is 0 Å². The highest BCUT2D eigenvalue weighted by Gasteiger charge is 2.36. The number of thioether (sulfide) groups is 1. The molecular formula is C15H21N3O3S. The van der Waals surface area contributed by atoms with Crippen molar-refractivity contribution in [2.75, 3.05) is 30.9 Å². The Labute approximate surface area is 134 Å². The van der Waals surface area contributed by atoms with Gasteiger partial charge in [0.05, 0.1) is 6.61 Å². The van der Waals surface area contributed by atoms with Crippen LogP contribution in [0.15, 0.2) is 24.3 Å². The molecule has 22 heavy (non-hydrogen) atoms. The van der Waals surface area contributed by atoms with Crippen molar-refractivity contribution >= 4 is 29.4 Å². The average Bonchev–Trinajstić information content (AvgIpc) is 2.78. The molecule has 0 aromatic heterocycles. The van der Waals surface area contributed by atoms with Crippen molar-refractivity contribution < 1.29 is 14.3 Å². The molecule has 1 unspecified atom stereocenters. The lowest BCUT2D eigenvalue weighted by Crippen LogP contribution is -2.33. The van der Waals surface area contributed by atoms with E-state index in [0.717, 1.165) is 11.5 Å². The number of urea groups is 1. The molecule has 1 saturated heterocycles. The number of nitrogen functional groups attached to an aromatic ring is 1. The van der Waals surface area contributed by atoms with Gasteiger partial charge in [-0.2, -0.15) is 11.8 Å². The molecule has 3 amide bonds. The van der Waals surface area contributed by atoms with Crippen molar-refractivity contribution in [3.63, 3.8) is 0 Å². The number of carbonyl (C=O) groups is 2. The largest absolute Gasteiger partial charge is 0.494 e. The van der Waals surface area contributed by atoms with E-state index in [9.17, 15) is 9.59 Å². The van der Waals surface area contributed by atoms with E-state index in [0.29, 0.717) is 31.7 Å². The Morgan fingerprint density at radius 3 is 2.73 bits per heavy atom. The molecule has 0 spiro atoms. The SMILES string of the molecule is CSCCC1NC(=O)N(CCCOc2ccc(N)cc2)C1=O. The first-order chi connectivity index (χ1) is 10.6. The van der Waals surface area contributed by atoms with Gasteiger partial charge in [-0.05, 0) is 49.1 Å². The zero-order valence-corrected chi connectivity index (χ0v) is 13.4. The summed E-state index contributed by atoms with van der Waals surface area (Å²) in [6.07, 6.45) is 3.25. The average molecular weight is 323 g/mol. The topological polar surface area (TPSA) is 84.7 Å². The molecule has 0 saturated carbocycles. The number of nitrogens with one attached hydrogen (secondary N) is 1. The van der Waals surface area contributed by atoms with E-state index in [4.69, 9.17) is 10.5 Å². The van der Waals surface area contributed by atoms with E-state index in [1.807, 2.05) is 6.26 Å². The Kier molecular flexibility index (Phi) is 5.94. The molecular weight excluding hydrogens is 302 g/mol. The molecule has 1 aromatic carbocycles. The van der Waals surface area contributed by atoms with E-state index in [-0.39, 0.29) is 18.0 Å². The number of ether oxygens (including phenoxy) is 1. The number of rotatable bonds is 8. The maximum absolute atomic E-state index is 12.1. The summed E-state index contributed by atoms with van der Waals surface area (Å²) in [7, 11) is 0. The third-order valence-corrected chi connectivity index (χ3v) is 4.04. The van der Waals surface area contributed by atoms with Crippen LogP contribution in [0.3, 0.4) is 0 Å². The lowest BCUT2D eigenvalue weighted by atomic mass is 10.2. The highest BCUT2D eigenvalue weighted by Crippen LogP contribution is 2.14. The second-order valence-corrected chi connectivity index (χ2v) is 6.03. The molecule has 1 fully saturated rings. The number of imide groups is 1. The molecule has 6 nitrogen and oxygen atoms in total. The van der Waals surface area contributed by atoms with E-state index in [1.165, 1.54) is 4.90 Å². The molecule has 1 heterocycles. The number of carbonyl (C=O) groups excluding carboxylic acids is 2. The van der Waals surface area contributed by atoms with Gasteiger partial charge in [-0.25, -0.2) is 4.79 Å². The van der Waals surface area contributed by atoms with Crippen LogP contribution in [-0.2, 0) is 4.79 Å². The van der Waals surface area contributed by atoms with E-state index < -0.39 is 0 Å². The van der Waals surface area contributed by atoms with E-state index in [1.54, 1.807) is 36.0 Å². The summed E-state index contributed by atoms with van der Waals surface area (Å²) in [5.74, 6) is 1.45. The maximum atomic E-state index is 12.1. The molecule has 2 rings (SSSR count). The Bertz CT molecular complexity index is 521. The number of anilines is 1. The molecule has 1 aromatic rings. The molecule has 1 atom stereocenters. The van der Waals surface area contributed by atoms with Gasteiger partial charge in [0.1, 0.15) is 11.8 Å². The Morgan fingerprint density at radius 2 is 2.05 bits per heavy atom. The predicted octanol–water partition coefficient (Wildman–Crippen LogP) is 1.71. The second kappa shape index (κ2) is 7.93. The summed E-state index contributed by atoms with van der Waals surface area (Å²) in [6, 6.07) is 6.44. The Balaban J connectivity index is 1.73. The first-order valence-corrected chi connectivity index (χ1v) is 8.60. The van der Waals surface area contributed by atoms with Crippen LogP contribution in [0.2, 0.25) is 0 Å². The minimum Gasteiger partial charge on any atom is -0.494 e. The number of hydrogen-bond donors (Lipinski definition) is 2. The van der Waals surface area contributed by atoms with Crippen molar-refractivity contribution in [1.29, 1.82) is 0 Å². The Morgan fingerprint density at radius 1 is 1.32 bits per heavy atom. The van der Waals surface area contributed by atoms with Crippen molar-refractivity contribution in [3.05, 3.63) is 24.3 Å². The summed E-state index contributed by atoms with van der Waals surface area (Å²) >= 11 is 1.66. The fourth-order valence-electron chi connectivity index (χ4n) is 2.20. The smallest absolute Gasteiger partial charge is 0.324 e. The lowest BCUT2D eigenvalue weighted by Gasteiger charge is -2.13. The van der Waals surface area contributed by atoms with Gasteiger partial charge in [-0.3, -0.25) is 9.69 Å². The molecule has 3 N–H and O–H groups in total. The number of amides is 3. The van der Waals surface area contributed by atoms with Crippen LogP contribution in [0.4, 0.5) is 10.5 Å². The fraction of sp³-hybridized carbons (Fsp3) is 0.467. The molecule has 1 aliphatic heterocycles. The van der Waals surface area contributed by atoms with Gasteiger partial charge in [-0.15, -0.1) is 0 Å². The van der Waals surface area contributed by atoms with Crippen LogP contribution in [0.1, 0.15) is 12.8 Å². The van der Waals surface area contributed by atoms with Gasteiger partial charge in [-0.1, -0.05) is 0 Å². The first-order valence-electron chi connectivity index (χ1n) is 7.21. The summed E-state index contributed by atoms with van der Waals surface area (Å²) < 4.78 is 5.55. The van der Waals surface area contributed by atoms with E-state index >= 15 is 0 Å². The summed E-state index contributed by atoms with van der Waals surface area (Å²) in [4.78, 5) is 25.2. The highest BCUT2D eigenvalue weighted by atomic mass is 32.2. The van der Waals surface area contributed by atoms with Crippen LogP contribution in [-0.4, -0.2) is 48.0 Å². The van der Waals surface area contributed by atoms with Crippen LogP contribution < -0.4 is 15.8 Å². The quantitative estimate of drug-likeness (QED) is 0.432. The molecule has 7 heteroatoms. The normalized spacial score (nSPS) is 17.7. The van der Waals surface area contributed by atoms with E-state index in [2.05, 4.69) is 5.32 Å². The molecule has 120 valence electrons. The first kappa shape index (κ1) is 16.5. The monoisotopic (exact) mass is 323 g/mol. The number of hydrogen-bond acceptors (Lipinski definition) is 5. The standard InChI is InChI=1S/C15H21N3O3S/c1-22-10-7-13-14(19)18(15(20)17-13)8-2-9-21-12-5-3-11(16)4-6-12/h3-6,13H,2,7-10,16H2,1H3,(H,17,20). The fourth-order valence-corrected chi connectivity index (χ4v) is 2.67. The van der Waals surface area contributed by atoms with Gasteiger partial charge < -0.3 is 15.8 Å². The second-order valence-electron chi connectivity index (χ2n) is 5.04. The molecule has 0 aliphatic carbocycles. The van der Waals surface area contributed by atoms with Gasteiger partial charge in [0.2, 0.25) is 0 Å². The molecule has 0 bridgehead atoms. The zero-order chi connectivity index (χ0) is 15.9. The predicted molar refractivity (Wildman–Crippen MR) is 88.0 cm³/mol. The molecule has 0 radical (unpaired) electrons. The summed E-state index contributed by atoms with van der Waals surface area (Å²) in [5.41, 5.74) is 6.28. The van der Waals surface area contributed by atoms with Crippen LogP contribution in [0, 0.1) is 0 Å². The number of nitrogens with two attached hydrogens (primary N) is 1. The van der Waals surface area contributed by atoms with Crippen molar-refractivity contribution in [2.24, 2.45) is 0 Å². The number of nitrogens with zero attached hydrogens (tertiary/aromatic N) is 1.